The van der Waals surface area contributed by atoms with Crippen LogP contribution in [-0.4, -0.2) is 24.3 Å². The van der Waals surface area contributed by atoms with Crippen molar-refractivity contribution in [3.05, 3.63) is 21.9 Å². The van der Waals surface area contributed by atoms with Gasteiger partial charge in [0.15, 0.2) is 6.61 Å². The number of rotatable bonds is 6. The molecule has 1 aromatic heterocycles. The Labute approximate surface area is 157 Å². The van der Waals surface area contributed by atoms with Crippen LogP contribution < -0.4 is 5.32 Å². The zero-order valence-electron chi connectivity index (χ0n) is 15.1. The van der Waals surface area contributed by atoms with E-state index in [-0.39, 0.29) is 29.7 Å². The van der Waals surface area contributed by atoms with E-state index in [1.54, 1.807) is 6.07 Å². The van der Waals surface area contributed by atoms with Crippen molar-refractivity contribution in [2.75, 3.05) is 6.61 Å². The summed E-state index contributed by atoms with van der Waals surface area (Å²) in [5.74, 6) is 1.62. The van der Waals surface area contributed by atoms with Gasteiger partial charge in [0.2, 0.25) is 11.7 Å². The molecule has 4 aliphatic carbocycles. The molecule has 0 unspecified atom stereocenters. The van der Waals surface area contributed by atoms with Crippen molar-refractivity contribution in [1.29, 1.82) is 0 Å². The van der Waals surface area contributed by atoms with E-state index in [1.807, 2.05) is 6.07 Å². The summed E-state index contributed by atoms with van der Waals surface area (Å²) < 4.78 is 5.50. The largest absolute Gasteiger partial charge is 0.457 e. The lowest BCUT2D eigenvalue weighted by Gasteiger charge is -2.55. The average Bonchev–Trinajstić information content (AvgIpc) is 3.05. The second-order valence-corrected chi connectivity index (χ2v) is 9.54. The van der Waals surface area contributed by atoms with Gasteiger partial charge in [0.25, 0.3) is 0 Å². The van der Waals surface area contributed by atoms with E-state index in [2.05, 4.69) is 5.32 Å². The van der Waals surface area contributed by atoms with Gasteiger partial charge in [0, 0.05) is 11.8 Å². The third-order valence-electron chi connectivity index (χ3n) is 6.25. The molecule has 0 aliphatic heterocycles. The van der Waals surface area contributed by atoms with Gasteiger partial charge in [-0.2, -0.15) is 0 Å². The minimum absolute atomic E-state index is 0.101. The molecule has 1 amide bonds. The minimum Gasteiger partial charge on any atom is -0.457 e. The smallest absolute Gasteiger partial charge is 0.312 e. The summed E-state index contributed by atoms with van der Waals surface area (Å²) in [6.45, 7) is 1.70. The molecule has 0 radical (unpaired) electrons. The van der Waals surface area contributed by atoms with Gasteiger partial charge in [-0.05, 0) is 68.4 Å². The van der Waals surface area contributed by atoms with E-state index in [1.165, 1.54) is 37.5 Å². The third-order valence-corrected chi connectivity index (χ3v) is 7.38. The summed E-state index contributed by atoms with van der Waals surface area (Å²) in [4.78, 5) is 37.6. The first-order valence-electron chi connectivity index (χ1n) is 9.47. The number of thiophene rings is 1. The Kier molecular flexibility index (Phi) is 4.63. The second-order valence-electron chi connectivity index (χ2n) is 8.37. The Morgan fingerprint density at radius 1 is 1.12 bits per heavy atom. The van der Waals surface area contributed by atoms with Crippen LogP contribution in [-0.2, 0) is 20.9 Å². The molecule has 140 valence electrons. The van der Waals surface area contributed by atoms with Crippen LogP contribution in [0.1, 0.15) is 60.0 Å². The molecule has 0 atom stereocenters. The number of ether oxygens (including phenoxy) is 1. The first kappa shape index (κ1) is 17.7. The van der Waals surface area contributed by atoms with Crippen LogP contribution in [0.3, 0.4) is 0 Å². The molecule has 4 saturated carbocycles. The van der Waals surface area contributed by atoms with Crippen molar-refractivity contribution >= 4 is 29.0 Å². The average molecular weight is 375 g/mol. The van der Waals surface area contributed by atoms with Crippen LogP contribution in [0.5, 0.6) is 0 Å². The fraction of sp³-hybridized carbons (Fsp3) is 0.650. The van der Waals surface area contributed by atoms with E-state index in [0.717, 1.165) is 24.1 Å². The van der Waals surface area contributed by atoms with Crippen LogP contribution in [0, 0.1) is 23.2 Å². The maximum atomic E-state index is 12.8. The molecule has 26 heavy (non-hydrogen) atoms. The van der Waals surface area contributed by atoms with Crippen molar-refractivity contribution in [2.24, 2.45) is 23.2 Å². The third kappa shape index (κ3) is 3.43. The molecule has 1 aromatic rings. The van der Waals surface area contributed by atoms with Gasteiger partial charge in [-0.15, -0.1) is 11.3 Å². The Hall–Kier alpha value is -1.69. The Balaban J connectivity index is 1.33. The highest BCUT2D eigenvalue weighted by molar-refractivity contribution is 7.14. The Morgan fingerprint density at radius 3 is 2.31 bits per heavy atom. The van der Waals surface area contributed by atoms with Gasteiger partial charge in [0.1, 0.15) is 0 Å². The summed E-state index contributed by atoms with van der Waals surface area (Å²) in [7, 11) is 0. The normalized spacial score (nSPS) is 31.7. The number of Topliss-reactive ketones (excluding diaryl/α,β-unsaturated/α-hetero) is 1. The van der Waals surface area contributed by atoms with Crippen molar-refractivity contribution in [3.63, 3.8) is 0 Å². The molecule has 0 aromatic carbocycles. The minimum atomic E-state index is -0.318. The highest BCUT2D eigenvalue weighted by atomic mass is 32.1. The van der Waals surface area contributed by atoms with E-state index in [9.17, 15) is 14.4 Å². The number of hydrogen-bond acceptors (Lipinski definition) is 5. The van der Waals surface area contributed by atoms with Crippen LogP contribution in [0.25, 0.3) is 0 Å². The molecule has 5 nitrogen and oxygen atoms in total. The van der Waals surface area contributed by atoms with Gasteiger partial charge >= 0.3 is 5.97 Å². The topological polar surface area (TPSA) is 72.5 Å². The van der Waals surface area contributed by atoms with Gasteiger partial charge in [0.05, 0.1) is 16.8 Å². The maximum absolute atomic E-state index is 12.8. The van der Waals surface area contributed by atoms with Gasteiger partial charge in [-0.25, -0.2) is 0 Å². The van der Waals surface area contributed by atoms with Gasteiger partial charge < -0.3 is 10.1 Å². The molecule has 4 bridgehead atoms. The first-order chi connectivity index (χ1) is 12.4. The maximum Gasteiger partial charge on any atom is 0.312 e. The van der Waals surface area contributed by atoms with Crippen LogP contribution in [0.4, 0.5) is 0 Å². The molecule has 4 aliphatic rings. The predicted octanol–water partition coefficient (Wildman–Crippen LogP) is 3.33. The molecule has 1 heterocycles. The Morgan fingerprint density at radius 2 is 1.73 bits per heavy atom. The van der Waals surface area contributed by atoms with Crippen molar-refractivity contribution in [1.82, 2.24) is 5.32 Å². The molecule has 0 spiro atoms. The highest BCUT2D eigenvalue weighted by Crippen LogP contribution is 2.60. The standard InChI is InChI=1S/C20H25NO4S/c1-12(22)21-10-16-2-3-18(26-16)17(23)11-25-19(24)20-7-13-4-14(8-20)6-15(5-13)9-20/h2-3,13-15H,4-11H2,1H3,(H,21,22). The number of nitrogens with one attached hydrogen (secondary N) is 1. The summed E-state index contributed by atoms with van der Waals surface area (Å²) in [6.07, 6.45) is 6.68. The molecular weight excluding hydrogens is 350 g/mol. The van der Waals surface area contributed by atoms with Crippen molar-refractivity contribution in [2.45, 2.75) is 52.0 Å². The molecule has 0 saturated heterocycles. The number of amides is 1. The monoisotopic (exact) mass is 375 g/mol. The quantitative estimate of drug-likeness (QED) is 0.611. The van der Waals surface area contributed by atoms with E-state index >= 15 is 0 Å². The highest BCUT2D eigenvalue weighted by Gasteiger charge is 2.55. The summed E-state index contributed by atoms with van der Waals surface area (Å²) in [6, 6.07) is 3.57. The lowest BCUT2D eigenvalue weighted by atomic mass is 9.49. The SMILES string of the molecule is CC(=O)NCc1ccc(C(=O)COC(=O)C23CC4CC(CC(C4)C2)C3)s1. The van der Waals surface area contributed by atoms with Crippen molar-refractivity contribution < 1.29 is 19.1 Å². The Bertz CT molecular complexity index is 703. The number of hydrogen-bond donors (Lipinski definition) is 1. The summed E-state index contributed by atoms with van der Waals surface area (Å²) >= 11 is 1.34. The zero-order valence-corrected chi connectivity index (χ0v) is 15.9. The number of ketones is 1. The lowest BCUT2D eigenvalue weighted by molar-refractivity contribution is -0.170. The molecule has 6 heteroatoms. The fourth-order valence-corrected chi connectivity index (χ4v) is 6.42. The van der Waals surface area contributed by atoms with E-state index in [0.29, 0.717) is 29.2 Å². The summed E-state index contributed by atoms with van der Waals surface area (Å²) in [5, 5.41) is 2.71. The number of carbonyl (C=O) groups excluding carboxylic acids is 3. The van der Waals surface area contributed by atoms with Gasteiger partial charge in [-0.3, -0.25) is 14.4 Å². The number of carbonyl (C=O) groups is 3. The first-order valence-corrected chi connectivity index (χ1v) is 10.3. The van der Waals surface area contributed by atoms with Crippen LogP contribution in [0.15, 0.2) is 12.1 Å². The molecule has 5 rings (SSSR count). The predicted molar refractivity (Wildman–Crippen MR) is 97.7 cm³/mol. The number of esters is 1. The van der Waals surface area contributed by atoms with E-state index in [4.69, 9.17) is 4.74 Å². The second kappa shape index (κ2) is 6.80. The van der Waals surface area contributed by atoms with Crippen LogP contribution >= 0.6 is 11.3 Å². The van der Waals surface area contributed by atoms with E-state index < -0.39 is 0 Å². The van der Waals surface area contributed by atoms with Gasteiger partial charge in [-0.1, -0.05) is 0 Å². The molecule has 4 fully saturated rings. The fourth-order valence-electron chi connectivity index (χ4n) is 5.55. The summed E-state index contributed by atoms with van der Waals surface area (Å²) in [5.41, 5.74) is -0.318. The zero-order chi connectivity index (χ0) is 18.3. The molecule has 1 N–H and O–H groups in total. The van der Waals surface area contributed by atoms with Crippen LogP contribution in [0.2, 0.25) is 0 Å². The van der Waals surface area contributed by atoms with Crippen molar-refractivity contribution in [3.8, 4) is 0 Å². The lowest BCUT2D eigenvalue weighted by Crippen LogP contribution is -2.50. The molecular formula is C20H25NO4S.